The third kappa shape index (κ3) is 2.60. The van der Waals surface area contributed by atoms with Crippen molar-refractivity contribution in [3.63, 3.8) is 0 Å². The van der Waals surface area contributed by atoms with Crippen molar-refractivity contribution in [3.05, 3.63) is 27.6 Å². The SMILES string of the molecule is O=C1CC2(CCCCCC2)C(=O)N1c1ccc(F)cc1I. The van der Waals surface area contributed by atoms with Gasteiger partial charge in [-0.1, -0.05) is 25.7 Å². The number of nitrogens with zero attached hydrogens (tertiary/aromatic N) is 1. The molecule has 3 rings (SSSR count). The van der Waals surface area contributed by atoms with Gasteiger partial charge in [0.1, 0.15) is 5.82 Å². The maximum Gasteiger partial charge on any atom is 0.240 e. The molecule has 0 radical (unpaired) electrons. The largest absolute Gasteiger partial charge is 0.274 e. The Bertz CT molecular complexity index is 594. The molecule has 1 saturated heterocycles. The summed E-state index contributed by atoms with van der Waals surface area (Å²) in [6.07, 6.45) is 6.19. The molecule has 21 heavy (non-hydrogen) atoms. The zero-order chi connectivity index (χ0) is 15.0. The predicted octanol–water partition coefficient (Wildman–Crippen LogP) is 4.03. The molecule has 5 heteroatoms. The molecule has 1 aromatic carbocycles. The Morgan fingerprint density at radius 1 is 1.10 bits per heavy atom. The van der Waals surface area contributed by atoms with Crippen molar-refractivity contribution in [2.45, 2.75) is 44.9 Å². The standard InChI is InChI=1S/C16H17FINO2/c17-11-5-6-13(12(18)9-11)19-14(20)10-16(15(19)21)7-3-1-2-4-8-16/h5-6,9H,1-4,7-8,10H2. The summed E-state index contributed by atoms with van der Waals surface area (Å²) in [5, 5.41) is 0. The van der Waals surface area contributed by atoms with E-state index in [1.165, 1.54) is 23.1 Å². The number of amides is 2. The number of imide groups is 1. The highest BCUT2D eigenvalue weighted by molar-refractivity contribution is 14.1. The second-order valence-corrected chi connectivity index (χ2v) is 7.16. The van der Waals surface area contributed by atoms with E-state index in [1.54, 1.807) is 0 Å². The van der Waals surface area contributed by atoms with Gasteiger partial charge in [0.05, 0.1) is 11.1 Å². The fourth-order valence-electron chi connectivity index (χ4n) is 3.50. The molecular weight excluding hydrogens is 384 g/mol. The summed E-state index contributed by atoms with van der Waals surface area (Å²) in [4.78, 5) is 26.6. The number of rotatable bonds is 1. The molecule has 1 aromatic rings. The van der Waals surface area contributed by atoms with E-state index in [-0.39, 0.29) is 17.6 Å². The van der Waals surface area contributed by atoms with Crippen LogP contribution < -0.4 is 4.90 Å². The highest BCUT2D eigenvalue weighted by Gasteiger charge is 2.51. The van der Waals surface area contributed by atoms with E-state index in [0.29, 0.717) is 15.7 Å². The molecule has 1 aliphatic heterocycles. The maximum atomic E-state index is 13.2. The van der Waals surface area contributed by atoms with Crippen LogP contribution in [0.1, 0.15) is 44.9 Å². The average Bonchev–Trinajstić information content (AvgIpc) is 2.60. The van der Waals surface area contributed by atoms with Crippen molar-refractivity contribution < 1.29 is 14.0 Å². The van der Waals surface area contributed by atoms with Gasteiger partial charge >= 0.3 is 0 Å². The van der Waals surface area contributed by atoms with E-state index >= 15 is 0 Å². The number of carbonyl (C=O) groups excluding carboxylic acids is 2. The van der Waals surface area contributed by atoms with E-state index < -0.39 is 5.41 Å². The van der Waals surface area contributed by atoms with Crippen LogP contribution in [-0.2, 0) is 9.59 Å². The smallest absolute Gasteiger partial charge is 0.240 e. The number of hydrogen-bond donors (Lipinski definition) is 0. The van der Waals surface area contributed by atoms with Crippen LogP contribution in [0.2, 0.25) is 0 Å². The number of hydrogen-bond acceptors (Lipinski definition) is 2. The number of benzene rings is 1. The van der Waals surface area contributed by atoms with Gasteiger partial charge in [0.15, 0.2) is 0 Å². The third-order valence-electron chi connectivity index (χ3n) is 4.61. The minimum absolute atomic E-state index is 0.0843. The van der Waals surface area contributed by atoms with Gasteiger partial charge in [0.2, 0.25) is 11.8 Å². The van der Waals surface area contributed by atoms with Crippen LogP contribution >= 0.6 is 22.6 Å². The van der Waals surface area contributed by atoms with Crippen LogP contribution in [0.25, 0.3) is 0 Å². The number of carbonyl (C=O) groups is 2. The minimum Gasteiger partial charge on any atom is -0.274 e. The van der Waals surface area contributed by atoms with Crippen LogP contribution in [0.4, 0.5) is 10.1 Å². The zero-order valence-corrected chi connectivity index (χ0v) is 13.9. The minimum atomic E-state index is -0.509. The summed E-state index contributed by atoms with van der Waals surface area (Å²) in [6.45, 7) is 0. The van der Waals surface area contributed by atoms with Gasteiger partial charge in [0, 0.05) is 9.99 Å². The first-order valence-electron chi connectivity index (χ1n) is 7.36. The Balaban J connectivity index is 1.97. The van der Waals surface area contributed by atoms with E-state index in [9.17, 15) is 14.0 Å². The molecule has 1 aliphatic carbocycles. The molecule has 0 aromatic heterocycles. The monoisotopic (exact) mass is 401 g/mol. The van der Waals surface area contributed by atoms with Gasteiger partial charge in [0.25, 0.3) is 0 Å². The lowest BCUT2D eigenvalue weighted by molar-refractivity contribution is -0.126. The van der Waals surface area contributed by atoms with Crippen molar-refractivity contribution in [2.24, 2.45) is 5.41 Å². The number of anilines is 1. The summed E-state index contributed by atoms with van der Waals surface area (Å²) < 4.78 is 13.8. The summed E-state index contributed by atoms with van der Waals surface area (Å²) in [7, 11) is 0. The summed E-state index contributed by atoms with van der Waals surface area (Å²) in [5.74, 6) is -0.586. The Kier molecular flexibility index (Phi) is 4.03. The molecule has 2 aliphatic rings. The molecule has 1 spiro atoms. The van der Waals surface area contributed by atoms with Crippen molar-refractivity contribution >= 4 is 40.1 Å². The van der Waals surface area contributed by atoms with Crippen LogP contribution in [0, 0.1) is 14.8 Å². The Morgan fingerprint density at radius 3 is 2.38 bits per heavy atom. The molecule has 0 bridgehead atoms. The normalized spacial score (nSPS) is 21.9. The first-order valence-corrected chi connectivity index (χ1v) is 8.44. The quantitative estimate of drug-likeness (QED) is 0.527. The zero-order valence-electron chi connectivity index (χ0n) is 11.7. The molecule has 112 valence electrons. The first-order chi connectivity index (χ1) is 10.0. The Morgan fingerprint density at radius 2 is 1.76 bits per heavy atom. The van der Waals surface area contributed by atoms with Crippen molar-refractivity contribution in [2.75, 3.05) is 4.90 Å². The topological polar surface area (TPSA) is 37.4 Å². The van der Waals surface area contributed by atoms with E-state index in [1.807, 2.05) is 22.6 Å². The highest BCUT2D eigenvalue weighted by atomic mass is 127. The van der Waals surface area contributed by atoms with Gasteiger partial charge in [-0.25, -0.2) is 9.29 Å². The van der Waals surface area contributed by atoms with Crippen molar-refractivity contribution in [3.8, 4) is 0 Å². The highest BCUT2D eigenvalue weighted by Crippen LogP contribution is 2.46. The Hall–Kier alpha value is -0.980. The molecule has 0 atom stereocenters. The van der Waals surface area contributed by atoms with Gasteiger partial charge in [-0.05, 0) is 53.6 Å². The molecule has 2 fully saturated rings. The lowest BCUT2D eigenvalue weighted by Crippen LogP contribution is -2.36. The fourth-order valence-corrected chi connectivity index (χ4v) is 4.22. The summed E-state index contributed by atoms with van der Waals surface area (Å²) in [6, 6.07) is 4.19. The van der Waals surface area contributed by atoms with Crippen molar-refractivity contribution in [1.29, 1.82) is 0 Å². The lowest BCUT2D eigenvalue weighted by Gasteiger charge is -2.25. The van der Waals surface area contributed by atoms with E-state index in [4.69, 9.17) is 0 Å². The maximum absolute atomic E-state index is 13.2. The van der Waals surface area contributed by atoms with Gasteiger partial charge in [-0.3, -0.25) is 9.59 Å². The van der Waals surface area contributed by atoms with Crippen LogP contribution in [0.5, 0.6) is 0 Å². The van der Waals surface area contributed by atoms with Gasteiger partial charge in [-0.2, -0.15) is 0 Å². The molecular formula is C16H17FINO2. The third-order valence-corrected chi connectivity index (χ3v) is 5.47. The molecule has 2 amide bonds. The van der Waals surface area contributed by atoms with Crippen LogP contribution in [-0.4, -0.2) is 11.8 Å². The second kappa shape index (κ2) is 5.66. The van der Waals surface area contributed by atoms with E-state index in [2.05, 4.69) is 0 Å². The van der Waals surface area contributed by atoms with Crippen LogP contribution in [0.3, 0.4) is 0 Å². The predicted molar refractivity (Wildman–Crippen MR) is 86.4 cm³/mol. The molecule has 1 heterocycles. The molecule has 0 unspecified atom stereocenters. The second-order valence-electron chi connectivity index (χ2n) is 6.00. The first kappa shape index (κ1) is 14.9. The molecule has 0 N–H and O–H groups in total. The van der Waals surface area contributed by atoms with E-state index in [0.717, 1.165) is 38.5 Å². The number of halogens is 2. The molecule has 3 nitrogen and oxygen atoms in total. The van der Waals surface area contributed by atoms with Crippen LogP contribution in [0.15, 0.2) is 18.2 Å². The summed E-state index contributed by atoms with van der Waals surface area (Å²) >= 11 is 1.98. The average molecular weight is 401 g/mol. The Labute approximate surface area is 137 Å². The summed E-state index contributed by atoms with van der Waals surface area (Å²) in [5.41, 5.74) is 0.0125. The molecule has 1 saturated carbocycles. The van der Waals surface area contributed by atoms with Gasteiger partial charge in [-0.15, -0.1) is 0 Å². The van der Waals surface area contributed by atoms with Crippen molar-refractivity contribution in [1.82, 2.24) is 0 Å². The van der Waals surface area contributed by atoms with Gasteiger partial charge < -0.3 is 0 Å². The lowest BCUT2D eigenvalue weighted by atomic mass is 9.79. The fraction of sp³-hybridized carbons (Fsp3) is 0.500.